The second-order valence-electron chi connectivity index (χ2n) is 7.63. The van der Waals surface area contributed by atoms with Crippen molar-refractivity contribution in [1.82, 2.24) is 0 Å². The number of esters is 2. The van der Waals surface area contributed by atoms with Gasteiger partial charge in [-0.15, -0.1) is 0 Å². The molecule has 0 aromatic rings. The van der Waals surface area contributed by atoms with Crippen molar-refractivity contribution in [3.05, 3.63) is 0 Å². The molecule has 0 aliphatic heterocycles. The minimum Gasteiger partial charge on any atom is -0.460 e. The maximum Gasteiger partial charge on any atom is 0.309 e. The quantitative estimate of drug-likeness (QED) is 0.728. The van der Waals surface area contributed by atoms with E-state index in [1.165, 1.54) is 0 Å². The predicted molar refractivity (Wildman–Crippen MR) is 77.1 cm³/mol. The fourth-order valence-corrected chi connectivity index (χ4v) is 2.39. The molecular weight excluding hydrogens is 256 g/mol. The standard InChI is InChI=1S/C16H28O4/c1-15(2,3)19-13(17)11-8-7-9-12(10-11)14(18)20-16(4,5)6/h11-12H,7-10H2,1-6H3/t11-,12-/m1/s1. The van der Waals surface area contributed by atoms with Gasteiger partial charge >= 0.3 is 11.9 Å². The second-order valence-corrected chi connectivity index (χ2v) is 7.63. The molecule has 1 saturated carbocycles. The van der Waals surface area contributed by atoms with Gasteiger partial charge in [-0.05, 0) is 60.8 Å². The predicted octanol–water partition coefficient (Wildman–Crippen LogP) is 3.48. The zero-order valence-electron chi connectivity index (χ0n) is 13.6. The van der Waals surface area contributed by atoms with Gasteiger partial charge in [-0.2, -0.15) is 0 Å². The summed E-state index contributed by atoms with van der Waals surface area (Å²) in [5.41, 5.74) is -0.952. The third-order valence-electron chi connectivity index (χ3n) is 3.15. The van der Waals surface area contributed by atoms with Crippen molar-refractivity contribution in [3.63, 3.8) is 0 Å². The van der Waals surface area contributed by atoms with E-state index in [1.807, 2.05) is 41.5 Å². The molecular formula is C16H28O4. The molecule has 116 valence electrons. The lowest BCUT2D eigenvalue weighted by molar-refractivity contribution is -0.166. The average Bonchev–Trinajstić information content (AvgIpc) is 2.24. The highest BCUT2D eigenvalue weighted by Crippen LogP contribution is 2.32. The van der Waals surface area contributed by atoms with Gasteiger partial charge in [0.2, 0.25) is 0 Å². The third-order valence-corrected chi connectivity index (χ3v) is 3.15. The number of carbonyl (C=O) groups excluding carboxylic acids is 2. The van der Waals surface area contributed by atoms with Gasteiger partial charge in [0.25, 0.3) is 0 Å². The van der Waals surface area contributed by atoms with Crippen LogP contribution in [0.2, 0.25) is 0 Å². The Kier molecular flexibility index (Phi) is 5.22. The average molecular weight is 284 g/mol. The minimum atomic E-state index is -0.476. The Morgan fingerprint density at radius 1 is 0.800 bits per heavy atom. The Bertz CT molecular complexity index is 326. The van der Waals surface area contributed by atoms with E-state index in [4.69, 9.17) is 9.47 Å². The Morgan fingerprint density at radius 3 is 1.45 bits per heavy atom. The number of hydrogen-bond acceptors (Lipinski definition) is 4. The molecule has 4 heteroatoms. The molecule has 0 heterocycles. The molecule has 1 aliphatic rings. The number of carbonyl (C=O) groups is 2. The van der Waals surface area contributed by atoms with E-state index in [2.05, 4.69) is 0 Å². The maximum absolute atomic E-state index is 12.1. The van der Waals surface area contributed by atoms with Gasteiger partial charge in [-0.1, -0.05) is 6.42 Å². The third kappa shape index (κ3) is 5.93. The lowest BCUT2D eigenvalue weighted by Crippen LogP contribution is -2.35. The summed E-state index contributed by atoms with van der Waals surface area (Å²) in [7, 11) is 0. The van der Waals surface area contributed by atoms with E-state index >= 15 is 0 Å². The van der Waals surface area contributed by atoms with Crippen LogP contribution in [0.15, 0.2) is 0 Å². The monoisotopic (exact) mass is 284 g/mol. The van der Waals surface area contributed by atoms with Crippen LogP contribution in [-0.4, -0.2) is 23.1 Å². The van der Waals surface area contributed by atoms with Gasteiger partial charge < -0.3 is 9.47 Å². The molecule has 0 aromatic carbocycles. The number of rotatable bonds is 2. The summed E-state index contributed by atoms with van der Waals surface area (Å²) in [6.45, 7) is 11.2. The van der Waals surface area contributed by atoms with Crippen LogP contribution in [0.25, 0.3) is 0 Å². The zero-order valence-corrected chi connectivity index (χ0v) is 13.6. The fourth-order valence-electron chi connectivity index (χ4n) is 2.39. The molecule has 0 unspecified atom stereocenters. The summed E-state index contributed by atoms with van der Waals surface area (Å²) in [5, 5.41) is 0. The molecule has 0 spiro atoms. The van der Waals surface area contributed by atoms with E-state index in [-0.39, 0.29) is 23.8 Å². The molecule has 0 saturated heterocycles. The molecule has 0 amide bonds. The summed E-state index contributed by atoms with van der Waals surface area (Å²) in [6, 6.07) is 0. The van der Waals surface area contributed by atoms with Gasteiger partial charge in [0.05, 0.1) is 11.8 Å². The molecule has 20 heavy (non-hydrogen) atoms. The Morgan fingerprint density at radius 2 is 1.15 bits per heavy atom. The Balaban J connectivity index is 2.58. The smallest absolute Gasteiger partial charge is 0.309 e. The van der Waals surface area contributed by atoms with Crippen LogP contribution in [0.1, 0.15) is 67.2 Å². The van der Waals surface area contributed by atoms with Gasteiger partial charge in [0.1, 0.15) is 11.2 Å². The largest absolute Gasteiger partial charge is 0.460 e. The van der Waals surface area contributed by atoms with Crippen LogP contribution in [0.4, 0.5) is 0 Å². The summed E-state index contributed by atoms with van der Waals surface area (Å²) >= 11 is 0. The maximum atomic E-state index is 12.1. The Hall–Kier alpha value is -1.06. The van der Waals surface area contributed by atoms with Crippen LogP contribution in [0, 0.1) is 11.8 Å². The van der Waals surface area contributed by atoms with E-state index < -0.39 is 11.2 Å². The number of ether oxygens (including phenoxy) is 2. The van der Waals surface area contributed by atoms with Crippen molar-refractivity contribution < 1.29 is 19.1 Å². The van der Waals surface area contributed by atoms with Crippen LogP contribution in [-0.2, 0) is 19.1 Å². The highest BCUT2D eigenvalue weighted by atomic mass is 16.6. The first-order chi connectivity index (χ1) is 8.98. The Labute approximate surface area is 122 Å². The zero-order chi connectivity index (χ0) is 15.6. The molecule has 0 radical (unpaired) electrons. The molecule has 1 aliphatic carbocycles. The summed E-state index contributed by atoms with van der Waals surface area (Å²) in [5.74, 6) is -0.738. The van der Waals surface area contributed by atoms with Crippen LogP contribution < -0.4 is 0 Å². The first-order valence-corrected chi connectivity index (χ1v) is 7.44. The second kappa shape index (κ2) is 6.15. The molecule has 0 aromatic heterocycles. The van der Waals surface area contributed by atoms with Crippen LogP contribution >= 0.6 is 0 Å². The molecule has 0 N–H and O–H groups in total. The summed E-state index contributed by atoms with van der Waals surface area (Å²) < 4.78 is 10.8. The van der Waals surface area contributed by atoms with Gasteiger partial charge in [-0.3, -0.25) is 9.59 Å². The first-order valence-electron chi connectivity index (χ1n) is 7.44. The molecule has 0 bridgehead atoms. The highest BCUT2D eigenvalue weighted by molar-refractivity contribution is 5.77. The minimum absolute atomic E-state index is 0.180. The van der Waals surface area contributed by atoms with Gasteiger partial charge in [0, 0.05) is 0 Å². The van der Waals surface area contributed by atoms with Crippen molar-refractivity contribution in [2.75, 3.05) is 0 Å². The van der Waals surface area contributed by atoms with Crippen LogP contribution in [0.5, 0.6) is 0 Å². The molecule has 1 rings (SSSR count). The van der Waals surface area contributed by atoms with Crippen molar-refractivity contribution in [1.29, 1.82) is 0 Å². The fraction of sp³-hybridized carbons (Fsp3) is 0.875. The van der Waals surface area contributed by atoms with E-state index in [0.717, 1.165) is 19.3 Å². The van der Waals surface area contributed by atoms with Crippen molar-refractivity contribution >= 4 is 11.9 Å². The number of hydrogen-bond donors (Lipinski definition) is 0. The SMILES string of the molecule is CC(C)(C)OC(=O)[C@@H]1CCC[C@@H](C(=O)OC(C)(C)C)C1. The lowest BCUT2D eigenvalue weighted by atomic mass is 9.81. The first kappa shape index (κ1) is 17.0. The van der Waals surface area contributed by atoms with E-state index in [0.29, 0.717) is 6.42 Å². The summed E-state index contributed by atoms with van der Waals surface area (Å²) in [4.78, 5) is 24.2. The van der Waals surface area contributed by atoms with Crippen molar-refractivity contribution in [2.24, 2.45) is 11.8 Å². The lowest BCUT2D eigenvalue weighted by Gasteiger charge is -2.31. The molecule has 4 nitrogen and oxygen atoms in total. The van der Waals surface area contributed by atoms with Crippen molar-refractivity contribution in [3.8, 4) is 0 Å². The van der Waals surface area contributed by atoms with Crippen LogP contribution in [0.3, 0.4) is 0 Å². The topological polar surface area (TPSA) is 52.6 Å². The molecule has 1 fully saturated rings. The van der Waals surface area contributed by atoms with Gasteiger partial charge in [0.15, 0.2) is 0 Å². The normalized spacial score (nSPS) is 24.1. The van der Waals surface area contributed by atoms with E-state index in [1.54, 1.807) is 0 Å². The summed E-state index contributed by atoms with van der Waals surface area (Å²) in [6.07, 6.45) is 3.01. The van der Waals surface area contributed by atoms with Crippen molar-refractivity contribution in [2.45, 2.75) is 78.4 Å². The van der Waals surface area contributed by atoms with E-state index in [9.17, 15) is 9.59 Å². The molecule has 2 atom stereocenters. The van der Waals surface area contributed by atoms with Gasteiger partial charge in [-0.25, -0.2) is 0 Å². The highest BCUT2D eigenvalue weighted by Gasteiger charge is 2.35.